The molecule has 3 rings (SSSR count). The van der Waals surface area contributed by atoms with Crippen LogP contribution in [-0.2, 0) is 6.54 Å². The summed E-state index contributed by atoms with van der Waals surface area (Å²) < 4.78 is 6.91. The number of hydrogen-bond donors (Lipinski definition) is 2. The van der Waals surface area contributed by atoms with Crippen LogP contribution in [-0.4, -0.2) is 33.4 Å². The van der Waals surface area contributed by atoms with Crippen molar-refractivity contribution >= 4 is 35.3 Å². The molecule has 7 nitrogen and oxygen atoms in total. The zero-order valence-electron chi connectivity index (χ0n) is 15.3. The van der Waals surface area contributed by atoms with Gasteiger partial charge in [-0.05, 0) is 54.2 Å². The predicted molar refractivity (Wildman–Crippen MR) is 115 cm³/mol. The van der Waals surface area contributed by atoms with Crippen molar-refractivity contribution in [2.75, 3.05) is 12.4 Å². The number of allylic oxidation sites excluding steroid dienone is 1. The molecular weight excluding hydrogens is 372 g/mol. The normalized spacial score (nSPS) is 11.0. The summed E-state index contributed by atoms with van der Waals surface area (Å²) in [4.78, 5) is 0. The number of anilines is 1. The fraction of sp³-hybridized carbons (Fsp3) is 0.100. The molecular formula is C20H20N6OS. The van der Waals surface area contributed by atoms with Crippen molar-refractivity contribution in [1.29, 1.82) is 0 Å². The Hall–Kier alpha value is -3.52. The summed E-state index contributed by atoms with van der Waals surface area (Å²) in [6.07, 6.45) is 7.05. The highest BCUT2D eigenvalue weighted by atomic mass is 32.1. The van der Waals surface area contributed by atoms with E-state index in [0.717, 1.165) is 17.1 Å². The molecule has 2 aromatic carbocycles. The average molecular weight is 392 g/mol. The zero-order chi connectivity index (χ0) is 19.6. The van der Waals surface area contributed by atoms with E-state index in [2.05, 4.69) is 38.3 Å². The van der Waals surface area contributed by atoms with Crippen LogP contribution < -0.4 is 15.5 Å². The molecule has 0 bridgehead atoms. The summed E-state index contributed by atoms with van der Waals surface area (Å²) in [5, 5.41) is 15.7. The smallest absolute Gasteiger partial charge is 0.191 e. The Morgan fingerprint density at radius 3 is 2.71 bits per heavy atom. The summed E-state index contributed by atoms with van der Waals surface area (Å²) in [7, 11) is 1.63. The monoisotopic (exact) mass is 392 g/mol. The fourth-order valence-corrected chi connectivity index (χ4v) is 2.52. The van der Waals surface area contributed by atoms with Crippen LogP contribution in [0.3, 0.4) is 0 Å². The molecule has 0 amide bonds. The number of ether oxygens (including phenoxy) is 1. The van der Waals surface area contributed by atoms with Crippen molar-refractivity contribution in [2.45, 2.75) is 6.54 Å². The van der Waals surface area contributed by atoms with E-state index in [1.807, 2.05) is 54.7 Å². The predicted octanol–water partition coefficient (Wildman–Crippen LogP) is 3.32. The third-order valence-electron chi connectivity index (χ3n) is 3.69. The quantitative estimate of drug-likeness (QED) is 0.365. The van der Waals surface area contributed by atoms with E-state index in [4.69, 9.17) is 17.0 Å². The lowest BCUT2D eigenvalue weighted by molar-refractivity contribution is 0.415. The van der Waals surface area contributed by atoms with E-state index in [9.17, 15) is 0 Å². The van der Waals surface area contributed by atoms with Gasteiger partial charge in [0, 0.05) is 11.9 Å². The van der Waals surface area contributed by atoms with Gasteiger partial charge in [0.1, 0.15) is 11.4 Å². The molecule has 3 aromatic rings. The molecule has 0 spiro atoms. The maximum atomic E-state index is 5.19. The molecule has 0 aliphatic rings. The van der Waals surface area contributed by atoms with Gasteiger partial charge < -0.3 is 10.1 Å². The summed E-state index contributed by atoms with van der Waals surface area (Å²) in [6.45, 7) is 0.683. The SMILES string of the molecule is COc1ccc(NC(=S)N/N=C\C=C\c2cn(Cc3ccccc3)nn2)cc1. The maximum Gasteiger partial charge on any atom is 0.191 e. The Labute approximate surface area is 168 Å². The van der Waals surface area contributed by atoms with E-state index in [1.165, 1.54) is 5.56 Å². The molecule has 8 heteroatoms. The Morgan fingerprint density at radius 1 is 1.18 bits per heavy atom. The van der Waals surface area contributed by atoms with E-state index in [1.54, 1.807) is 24.1 Å². The van der Waals surface area contributed by atoms with Gasteiger partial charge >= 0.3 is 0 Å². The third kappa shape index (κ3) is 6.03. The van der Waals surface area contributed by atoms with Gasteiger partial charge in [-0.25, -0.2) is 4.68 Å². The Kier molecular flexibility index (Phi) is 6.86. The van der Waals surface area contributed by atoms with Gasteiger partial charge in [0.05, 0.1) is 19.9 Å². The fourth-order valence-electron chi connectivity index (χ4n) is 2.35. The molecule has 0 aliphatic heterocycles. The third-order valence-corrected chi connectivity index (χ3v) is 3.88. The van der Waals surface area contributed by atoms with Gasteiger partial charge in [0.2, 0.25) is 0 Å². The standard InChI is InChI=1S/C20H20N6OS/c1-27-19-11-9-17(10-12-19)22-20(28)24-21-13-5-8-18-15-26(25-23-18)14-16-6-3-2-4-7-16/h2-13,15H,14H2,1H3,(H2,22,24,28)/b8-5+,21-13-. The van der Waals surface area contributed by atoms with Gasteiger partial charge in [-0.1, -0.05) is 35.5 Å². The molecule has 0 saturated carbocycles. The Bertz CT molecular complexity index is 950. The number of nitrogens with zero attached hydrogens (tertiary/aromatic N) is 4. The Balaban J connectivity index is 1.43. The first-order chi connectivity index (χ1) is 13.7. The van der Waals surface area contributed by atoms with Gasteiger partial charge in [0.15, 0.2) is 5.11 Å². The lowest BCUT2D eigenvalue weighted by Gasteiger charge is -2.07. The number of methoxy groups -OCH3 is 1. The number of nitrogens with one attached hydrogen (secondary N) is 2. The number of rotatable bonds is 7. The lowest BCUT2D eigenvalue weighted by atomic mass is 10.2. The zero-order valence-corrected chi connectivity index (χ0v) is 16.1. The first kappa shape index (κ1) is 19.2. The van der Waals surface area contributed by atoms with Crippen LogP contribution in [0.5, 0.6) is 5.75 Å². The largest absolute Gasteiger partial charge is 0.497 e. The molecule has 0 fully saturated rings. The van der Waals surface area contributed by atoms with Gasteiger partial charge in [-0.3, -0.25) is 5.43 Å². The average Bonchev–Trinajstić information content (AvgIpc) is 3.16. The minimum atomic E-state index is 0.392. The maximum absolute atomic E-state index is 5.19. The number of benzene rings is 2. The van der Waals surface area contributed by atoms with Crippen molar-refractivity contribution in [3.63, 3.8) is 0 Å². The van der Waals surface area contributed by atoms with Crippen LogP contribution in [0.25, 0.3) is 6.08 Å². The second kappa shape index (κ2) is 9.98. The number of hydrogen-bond acceptors (Lipinski definition) is 5. The highest BCUT2D eigenvalue weighted by Gasteiger charge is 1.98. The molecule has 28 heavy (non-hydrogen) atoms. The molecule has 0 aliphatic carbocycles. The Morgan fingerprint density at radius 2 is 1.96 bits per heavy atom. The summed E-state index contributed by atoms with van der Waals surface area (Å²) >= 11 is 5.19. The number of thiocarbonyl (C=S) groups is 1. The van der Waals surface area contributed by atoms with Gasteiger partial charge in [0.25, 0.3) is 0 Å². The molecule has 0 unspecified atom stereocenters. The lowest BCUT2D eigenvalue weighted by Crippen LogP contribution is -2.23. The molecule has 1 aromatic heterocycles. The first-order valence-corrected chi connectivity index (χ1v) is 8.98. The number of aromatic nitrogens is 3. The molecule has 1 heterocycles. The van der Waals surface area contributed by atoms with Crippen LogP contribution in [0.15, 0.2) is 72.0 Å². The van der Waals surface area contributed by atoms with Gasteiger partial charge in [-0.2, -0.15) is 5.10 Å². The van der Waals surface area contributed by atoms with Crippen molar-refractivity contribution in [2.24, 2.45) is 5.10 Å². The molecule has 142 valence electrons. The molecule has 0 atom stereocenters. The summed E-state index contributed by atoms with van der Waals surface area (Å²) in [6, 6.07) is 17.5. The first-order valence-electron chi connectivity index (χ1n) is 8.58. The van der Waals surface area contributed by atoms with Crippen molar-refractivity contribution in [3.05, 3.63) is 78.1 Å². The van der Waals surface area contributed by atoms with Crippen molar-refractivity contribution in [3.8, 4) is 5.75 Å². The van der Waals surface area contributed by atoms with E-state index in [0.29, 0.717) is 11.7 Å². The second-order valence-corrected chi connectivity index (χ2v) is 6.17. The summed E-state index contributed by atoms with van der Waals surface area (Å²) in [5.41, 5.74) is 5.52. The van der Waals surface area contributed by atoms with E-state index < -0.39 is 0 Å². The van der Waals surface area contributed by atoms with Crippen LogP contribution in [0.2, 0.25) is 0 Å². The molecule has 0 radical (unpaired) electrons. The van der Waals surface area contributed by atoms with Crippen LogP contribution in [0.1, 0.15) is 11.3 Å². The molecule has 0 saturated heterocycles. The van der Waals surface area contributed by atoms with Crippen LogP contribution >= 0.6 is 12.2 Å². The van der Waals surface area contributed by atoms with Crippen molar-refractivity contribution < 1.29 is 4.74 Å². The highest BCUT2D eigenvalue weighted by Crippen LogP contribution is 2.14. The van der Waals surface area contributed by atoms with E-state index in [-0.39, 0.29) is 0 Å². The van der Waals surface area contributed by atoms with Crippen LogP contribution in [0.4, 0.5) is 5.69 Å². The van der Waals surface area contributed by atoms with Gasteiger partial charge in [-0.15, -0.1) is 5.10 Å². The topological polar surface area (TPSA) is 76.4 Å². The van der Waals surface area contributed by atoms with E-state index >= 15 is 0 Å². The highest BCUT2D eigenvalue weighted by molar-refractivity contribution is 7.80. The van der Waals surface area contributed by atoms with Crippen LogP contribution in [0, 0.1) is 0 Å². The summed E-state index contributed by atoms with van der Waals surface area (Å²) in [5.74, 6) is 0.785. The number of hydrazone groups is 1. The molecule has 2 N–H and O–H groups in total. The second-order valence-electron chi connectivity index (χ2n) is 5.76. The minimum Gasteiger partial charge on any atom is -0.497 e. The minimum absolute atomic E-state index is 0.392. The van der Waals surface area contributed by atoms with Crippen molar-refractivity contribution in [1.82, 2.24) is 20.4 Å².